The second-order valence-corrected chi connectivity index (χ2v) is 5.91. The maximum Gasteiger partial charge on any atom is 0.337 e. The van der Waals surface area contributed by atoms with E-state index < -0.39 is 12.0 Å². The van der Waals surface area contributed by atoms with Crippen molar-refractivity contribution in [3.63, 3.8) is 0 Å². The Labute approximate surface area is 151 Å². The minimum absolute atomic E-state index is 0.365. The molecule has 134 valence electrons. The van der Waals surface area contributed by atoms with Crippen LogP contribution in [0.3, 0.4) is 0 Å². The van der Waals surface area contributed by atoms with Crippen molar-refractivity contribution in [2.75, 3.05) is 7.11 Å². The number of esters is 1. The van der Waals surface area contributed by atoms with Gasteiger partial charge in [0, 0.05) is 5.70 Å². The predicted octanol–water partition coefficient (Wildman–Crippen LogP) is 3.07. The minimum Gasteiger partial charge on any atom is -0.489 e. The highest BCUT2D eigenvalue weighted by atomic mass is 16.5. The molecule has 0 radical (unpaired) electrons. The summed E-state index contributed by atoms with van der Waals surface area (Å²) in [6, 6.07) is 16.2. The number of methoxy groups -OCH3 is 1. The minimum atomic E-state index is -0.600. The van der Waals surface area contributed by atoms with E-state index in [0.717, 1.165) is 11.1 Å². The van der Waals surface area contributed by atoms with Gasteiger partial charge >= 0.3 is 12.0 Å². The molecule has 1 unspecified atom stereocenters. The van der Waals surface area contributed by atoms with Crippen molar-refractivity contribution >= 4 is 12.0 Å². The fourth-order valence-electron chi connectivity index (χ4n) is 2.85. The van der Waals surface area contributed by atoms with E-state index in [2.05, 4.69) is 10.6 Å². The Morgan fingerprint density at radius 2 is 1.88 bits per heavy atom. The Kier molecular flexibility index (Phi) is 5.22. The Hall–Kier alpha value is -3.28. The van der Waals surface area contributed by atoms with Gasteiger partial charge in [-0.3, -0.25) is 0 Å². The molecule has 1 atom stereocenters. The summed E-state index contributed by atoms with van der Waals surface area (Å²) in [5.41, 5.74) is 2.64. The van der Waals surface area contributed by atoms with Gasteiger partial charge in [0.2, 0.25) is 0 Å². The van der Waals surface area contributed by atoms with E-state index in [-0.39, 0.29) is 6.03 Å². The molecule has 0 bridgehead atoms. The van der Waals surface area contributed by atoms with Crippen LogP contribution in [0.2, 0.25) is 0 Å². The molecule has 1 aliphatic rings. The second kappa shape index (κ2) is 7.74. The number of carbonyl (C=O) groups excluding carboxylic acids is 2. The van der Waals surface area contributed by atoms with E-state index in [9.17, 15) is 9.59 Å². The molecule has 0 spiro atoms. The number of urea groups is 1. The maximum atomic E-state index is 12.2. The van der Waals surface area contributed by atoms with Gasteiger partial charge in [0.1, 0.15) is 12.4 Å². The molecule has 6 nitrogen and oxygen atoms in total. The third kappa shape index (κ3) is 3.85. The summed E-state index contributed by atoms with van der Waals surface area (Å²) in [7, 11) is 1.31. The van der Waals surface area contributed by atoms with Crippen LogP contribution in [0.5, 0.6) is 5.75 Å². The van der Waals surface area contributed by atoms with E-state index in [1.54, 1.807) is 6.92 Å². The molecule has 1 aliphatic heterocycles. The molecule has 2 amide bonds. The van der Waals surface area contributed by atoms with Crippen LogP contribution >= 0.6 is 0 Å². The van der Waals surface area contributed by atoms with Crippen molar-refractivity contribution in [3.8, 4) is 5.75 Å². The fourth-order valence-corrected chi connectivity index (χ4v) is 2.85. The van der Waals surface area contributed by atoms with Crippen LogP contribution in [0.4, 0.5) is 4.79 Å². The van der Waals surface area contributed by atoms with Gasteiger partial charge in [-0.2, -0.15) is 0 Å². The molecule has 6 heteroatoms. The van der Waals surface area contributed by atoms with Gasteiger partial charge < -0.3 is 20.1 Å². The number of benzene rings is 2. The quantitative estimate of drug-likeness (QED) is 0.811. The molecule has 0 saturated heterocycles. The van der Waals surface area contributed by atoms with Gasteiger partial charge in [0.25, 0.3) is 0 Å². The molecule has 3 rings (SSSR count). The lowest BCUT2D eigenvalue weighted by atomic mass is 9.95. The molecule has 2 aromatic carbocycles. The summed E-state index contributed by atoms with van der Waals surface area (Å²) in [6.07, 6.45) is 0. The molecule has 0 aliphatic carbocycles. The number of rotatable bonds is 5. The first kappa shape index (κ1) is 17.5. The summed E-state index contributed by atoms with van der Waals surface area (Å²) in [5.74, 6) is 0.164. The average molecular weight is 352 g/mol. The van der Waals surface area contributed by atoms with Crippen LogP contribution in [0.1, 0.15) is 24.1 Å². The predicted molar refractivity (Wildman–Crippen MR) is 96.3 cm³/mol. The molecule has 26 heavy (non-hydrogen) atoms. The molecular weight excluding hydrogens is 332 g/mol. The van der Waals surface area contributed by atoms with E-state index in [1.165, 1.54) is 7.11 Å². The first-order valence-corrected chi connectivity index (χ1v) is 8.22. The van der Waals surface area contributed by atoms with E-state index >= 15 is 0 Å². The summed E-state index contributed by atoms with van der Waals surface area (Å²) in [4.78, 5) is 24.0. The van der Waals surface area contributed by atoms with E-state index in [0.29, 0.717) is 23.6 Å². The van der Waals surface area contributed by atoms with Gasteiger partial charge in [0.05, 0.1) is 18.7 Å². The standard InChI is InChI=1S/C20H20N2O4/c1-13-17(19(23)25-2)18(22-20(24)21-13)15-9-6-10-16(11-15)26-12-14-7-4-3-5-8-14/h3-11,18H,12H2,1-2H3,(H2,21,22,24). The molecule has 1 heterocycles. The molecule has 2 aromatic rings. The third-order valence-corrected chi connectivity index (χ3v) is 4.11. The van der Waals surface area contributed by atoms with Crippen molar-refractivity contribution in [2.45, 2.75) is 19.6 Å². The lowest BCUT2D eigenvalue weighted by molar-refractivity contribution is -0.136. The van der Waals surface area contributed by atoms with Crippen LogP contribution < -0.4 is 15.4 Å². The van der Waals surface area contributed by atoms with Crippen molar-refractivity contribution in [2.24, 2.45) is 0 Å². The summed E-state index contributed by atoms with van der Waals surface area (Å²) in [5, 5.41) is 5.37. The lowest BCUT2D eigenvalue weighted by Gasteiger charge is -2.28. The Morgan fingerprint density at radius 3 is 2.62 bits per heavy atom. The fraction of sp³-hybridized carbons (Fsp3) is 0.200. The Morgan fingerprint density at radius 1 is 1.12 bits per heavy atom. The van der Waals surface area contributed by atoms with Gasteiger partial charge in [-0.05, 0) is 30.2 Å². The zero-order valence-electron chi connectivity index (χ0n) is 14.6. The first-order valence-electron chi connectivity index (χ1n) is 8.22. The van der Waals surface area contributed by atoms with Crippen LogP contribution in [0, 0.1) is 0 Å². The van der Waals surface area contributed by atoms with Crippen molar-refractivity contribution in [3.05, 3.63) is 77.0 Å². The monoisotopic (exact) mass is 352 g/mol. The molecular formula is C20H20N2O4. The highest BCUT2D eigenvalue weighted by Crippen LogP contribution is 2.29. The van der Waals surface area contributed by atoms with Gasteiger partial charge in [0.15, 0.2) is 0 Å². The number of nitrogens with one attached hydrogen (secondary N) is 2. The Balaban J connectivity index is 1.85. The number of ether oxygens (including phenoxy) is 2. The molecule has 0 fully saturated rings. The molecule has 0 saturated carbocycles. The second-order valence-electron chi connectivity index (χ2n) is 5.91. The topological polar surface area (TPSA) is 76.7 Å². The van der Waals surface area contributed by atoms with Crippen LogP contribution in [0.15, 0.2) is 65.9 Å². The summed E-state index contributed by atoms with van der Waals surface area (Å²) >= 11 is 0. The number of hydrogen-bond donors (Lipinski definition) is 2. The van der Waals surface area contributed by atoms with Crippen molar-refractivity contribution in [1.82, 2.24) is 10.6 Å². The summed E-state index contributed by atoms with van der Waals surface area (Å²) in [6.45, 7) is 2.11. The molecule has 2 N–H and O–H groups in total. The highest BCUT2D eigenvalue weighted by molar-refractivity contribution is 5.94. The smallest absolute Gasteiger partial charge is 0.337 e. The zero-order chi connectivity index (χ0) is 18.5. The van der Waals surface area contributed by atoms with Crippen LogP contribution in [-0.2, 0) is 16.1 Å². The number of hydrogen-bond acceptors (Lipinski definition) is 4. The first-order chi connectivity index (χ1) is 12.6. The van der Waals surface area contributed by atoms with Crippen molar-refractivity contribution in [1.29, 1.82) is 0 Å². The number of amides is 2. The normalized spacial score (nSPS) is 16.5. The SMILES string of the molecule is COC(=O)C1=C(C)NC(=O)NC1c1cccc(OCc2ccccc2)c1. The van der Waals surface area contributed by atoms with Gasteiger partial charge in [-0.1, -0.05) is 42.5 Å². The zero-order valence-corrected chi connectivity index (χ0v) is 14.6. The van der Waals surface area contributed by atoms with E-state index in [1.807, 2.05) is 54.6 Å². The third-order valence-electron chi connectivity index (χ3n) is 4.11. The van der Waals surface area contributed by atoms with Gasteiger partial charge in [-0.25, -0.2) is 9.59 Å². The molecule has 0 aromatic heterocycles. The van der Waals surface area contributed by atoms with Crippen LogP contribution in [0.25, 0.3) is 0 Å². The van der Waals surface area contributed by atoms with Crippen LogP contribution in [-0.4, -0.2) is 19.1 Å². The number of allylic oxidation sites excluding steroid dienone is 1. The van der Waals surface area contributed by atoms with Crippen molar-refractivity contribution < 1.29 is 19.1 Å². The lowest BCUT2D eigenvalue weighted by Crippen LogP contribution is -2.45. The van der Waals surface area contributed by atoms with Gasteiger partial charge in [-0.15, -0.1) is 0 Å². The van der Waals surface area contributed by atoms with E-state index in [4.69, 9.17) is 9.47 Å². The Bertz CT molecular complexity index is 846. The maximum absolute atomic E-state index is 12.2. The average Bonchev–Trinajstić information content (AvgIpc) is 2.66. The largest absolute Gasteiger partial charge is 0.489 e. The summed E-state index contributed by atoms with van der Waals surface area (Å²) < 4.78 is 10.7. The highest BCUT2D eigenvalue weighted by Gasteiger charge is 2.31. The number of carbonyl (C=O) groups is 2.